The van der Waals surface area contributed by atoms with E-state index in [2.05, 4.69) is 20.4 Å². The number of aromatic nitrogens is 4. The van der Waals surface area contributed by atoms with Gasteiger partial charge in [-0.1, -0.05) is 6.07 Å². The van der Waals surface area contributed by atoms with Gasteiger partial charge in [-0.2, -0.15) is 13.9 Å². The van der Waals surface area contributed by atoms with Gasteiger partial charge in [0.1, 0.15) is 5.69 Å². The molecule has 4 aromatic rings. The summed E-state index contributed by atoms with van der Waals surface area (Å²) in [6.07, 6.45) is 5.82. The van der Waals surface area contributed by atoms with Crippen molar-refractivity contribution in [3.63, 3.8) is 0 Å². The number of fused-ring (bicyclic) bond motifs is 1. The van der Waals surface area contributed by atoms with Crippen LogP contribution in [0, 0.1) is 13.8 Å². The smallest absolute Gasteiger partial charge is 0.320 e. The molecule has 0 radical (unpaired) electrons. The predicted octanol–water partition coefficient (Wildman–Crippen LogP) is 4.76. The maximum Gasteiger partial charge on any atom is 0.333 e. The molecular weight excluding hydrogens is 376 g/mol. The Balaban J connectivity index is 1.69. The monoisotopic (exact) mass is 393 g/mol. The van der Waals surface area contributed by atoms with Crippen LogP contribution >= 0.6 is 0 Å². The summed E-state index contributed by atoms with van der Waals surface area (Å²) in [5, 5.41) is 7.39. The minimum Gasteiger partial charge on any atom is -0.320 e. The molecule has 0 unspecified atom stereocenters. The number of aryl methyl sites for hydroxylation is 2. The van der Waals surface area contributed by atoms with Gasteiger partial charge >= 0.3 is 6.55 Å². The van der Waals surface area contributed by atoms with Gasteiger partial charge in [-0.05, 0) is 54.8 Å². The fraction of sp³-hybridized carbons (Fsp3) is 0.143. The number of nitrogens with zero attached hydrogens (tertiary/aromatic N) is 4. The molecule has 0 aliphatic carbocycles. The number of halogens is 2. The third-order valence-electron chi connectivity index (χ3n) is 4.68. The third-order valence-corrected chi connectivity index (χ3v) is 4.68. The zero-order valence-corrected chi connectivity index (χ0v) is 15.7. The number of amides is 1. The van der Waals surface area contributed by atoms with Crippen molar-refractivity contribution in [2.24, 2.45) is 0 Å². The second-order valence-corrected chi connectivity index (χ2v) is 6.65. The van der Waals surface area contributed by atoms with E-state index in [0.717, 1.165) is 22.0 Å². The first-order valence-corrected chi connectivity index (χ1v) is 8.89. The van der Waals surface area contributed by atoms with Crippen LogP contribution in [-0.2, 0) is 0 Å². The van der Waals surface area contributed by atoms with Crippen molar-refractivity contribution in [2.45, 2.75) is 20.4 Å². The minimum absolute atomic E-state index is 0.177. The molecular formula is C21H17F2N5O. The van der Waals surface area contributed by atoms with Crippen LogP contribution in [0.1, 0.15) is 28.2 Å². The molecule has 146 valence electrons. The topological polar surface area (TPSA) is 72.7 Å². The van der Waals surface area contributed by atoms with Crippen molar-refractivity contribution in [3.8, 4) is 11.1 Å². The van der Waals surface area contributed by atoms with E-state index >= 15 is 0 Å². The number of carbonyl (C=O) groups is 1. The first-order chi connectivity index (χ1) is 13.9. The van der Waals surface area contributed by atoms with E-state index in [1.807, 2.05) is 25.1 Å². The molecule has 0 bridgehead atoms. The largest absolute Gasteiger partial charge is 0.333 e. The highest BCUT2D eigenvalue weighted by Crippen LogP contribution is 2.28. The predicted molar refractivity (Wildman–Crippen MR) is 106 cm³/mol. The van der Waals surface area contributed by atoms with E-state index < -0.39 is 12.5 Å². The average Bonchev–Trinajstić information content (AvgIpc) is 3.21. The molecule has 3 heterocycles. The zero-order chi connectivity index (χ0) is 20.5. The molecule has 8 heteroatoms. The summed E-state index contributed by atoms with van der Waals surface area (Å²) < 4.78 is 26.2. The number of hydrogen-bond acceptors (Lipinski definition) is 4. The lowest BCUT2D eigenvalue weighted by molar-refractivity contribution is 0.0566. The number of pyridine rings is 2. The Labute approximate surface area is 165 Å². The molecule has 1 aromatic carbocycles. The van der Waals surface area contributed by atoms with Gasteiger partial charge in [-0.3, -0.25) is 14.8 Å². The summed E-state index contributed by atoms with van der Waals surface area (Å²) >= 11 is 0. The molecule has 3 aromatic heterocycles. The lowest BCUT2D eigenvalue weighted by atomic mass is 10.0. The van der Waals surface area contributed by atoms with Gasteiger partial charge in [0.2, 0.25) is 0 Å². The summed E-state index contributed by atoms with van der Waals surface area (Å²) in [5.74, 6) is -0.396. The fourth-order valence-corrected chi connectivity index (χ4v) is 3.15. The van der Waals surface area contributed by atoms with Crippen LogP contribution in [0.4, 0.5) is 14.5 Å². The van der Waals surface area contributed by atoms with Crippen LogP contribution in [0.15, 0.2) is 55.1 Å². The van der Waals surface area contributed by atoms with Crippen LogP contribution in [0.5, 0.6) is 0 Å². The number of hydrogen-bond donors (Lipinski definition) is 1. The molecule has 1 amide bonds. The molecule has 6 nitrogen and oxygen atoms in total. The van der Waals surface area contributed by atoms with Gasteiger partial charge in [0, 0.05) is 29.5 Å². The van der Waals surface area contributed by atoms with Gasteiger partial charge in [0.25, 0.3) is 5.91 Å². The highest BCUT2D eigenvalue weighted by Gasteiger charge is 2.16. The first-order valence-electron chi connectivity index (χ1n) is 8.89. The van der Waals surface area contributed by atoms with Crippen molar-refractivity contribution >= 4 is 22.5 Å². The lowest BCUT2D eigenvalue weighted by Gasteiger charge is -2.12. The maximum absolute atomic E-state index is 12.9. The highest BCUT2D eigenvalue weighted by molar-refractivity contribution is 6.09. The Kier molecular flexibility index (Phi) is 4.75. The normalized spacial score (nSPS) is 11.2. The van der Waals surface area contributed by atoms with Gasteiger partial charge in [-0.15, -0.1) is 0 Å². The van der Waals surface area contributed by atoms with Crippen molar-refractivity contribution in [3.05, 3.63) is 71.9 Å². The van der Waals surface area contributed by atoms with Crippen molar-refractivity contribution in [1.29, 1.82) is 0 Å². The van der Waals surface area contributed by atoms with Crippen molar-refractivity contribution in [2.75, 3.05) is 5.32 Å². The van der Waals surface area contributed by atoms with Gasteiger partial charge in [-0.25, -0.2) is 4.68 Å². The fourth-order valence-electron chi connectivity index (χ4n) is 3.15. The molecule has 0 aliphatic rings. The second-order valence-electron chi connectivity index (χ2n) is 6.65. The number of carbonyl (C=O) groups excluding carboxylic acids is 1. The summed E-state index contributed by atoms with van der Waals surface area (Å²) in [4.78, 5) is 21.4. The first kappa shape index (κ1) is 18.7. The van der Waals surface area contributed by atoms with Crippen molar-refractivity contribution < 1.29 is 13.6 Å². The highest BCUT2D eigenvalue weighted by atomic mass is 19.3. The molecule has 0 saturated carbocycles. The summed E-state index contributed by atoms with van der Waals surface area (Å²) in [6, 6.07) is 9.05. The van der Waals surface area contributed by atoms with Crippen LogP contribution in [0.25, 0.3) is 22.0 Å². The number of nitrogens with one attached hydrogen (secondary N) is 1. The summed E-state index contributed by atoms with van der Waals surface area (Å²) in [5.41, 5.74) is 4.36. The number of anilines is 1. The summed E-state index contributed by atoms with van der Waals surface area (Å²) in [7, 11) is 0. The Morgan fingerprint density at radius 1 is 1.10 bits per heavy atom. The Bertz CT molecular complexity index is 1220. The number of rotatable bonds is 4. The molecule has 29 heavy (non-hydrogen) atoms. The van der Waals surface area contributed by atoms with Crippen LogP contribution in [0.2, 0.25) is 0 Å². The Morgan fingerprint density at radius 3 is 2.69 bits per heavy atom. The molecule has 0 spiro atoms. The lowest BCUT2D eigenvalue weighted by Crippen LogP contribution is -2.15. The third kappa shape index (κ3) is 3.56. The van der Waals surface area contributed by atoms with Gasteiger partial charge in [0.15, 0.2) is 0 Å². The van der Waals surface area contributed by atoms with Crippen molar-refractivity contribution in [1.82, 2.24) is 19.7 Å². The van der Waals surface area contributed by atoms with Gasteiger partial charge in [0.05, 0.1) is 17.4 Å². The van der Waals surface area contributed by atoms with E-state index in [9.17, 15) is 13.6 Å². The molecule has 0 aliphatic heterocycles. The average molecular weight is 393 g/mol. The zero-order valence-electron chi connectivity index (χ0n) is 15.7. The molecule has 0 fully saturated rings. The second kappa shape index (κ2) is 7.38. The molecule has 4 rings (SSSR count). The Hall–Kier alpha value is -3.68. The minimum atomic E-state index is -2.73. The maximum atomic E-state index is 12.9. The standard InChI is InChI=1S/C21H17F2N5O/c1-12-5-6-17-15(4-3-7-24-17)19(12)27-20(29)18-8-16(13(2)9-25-18)14-10-26-28(11-14)21(22)23/h3-11,21H,1-2H3,(H,27,29). The van der Waals surface area contributed by atoms with Crippen LogP contribution in [-0.4, -0.2) is 25.7 Å². The van der Waals surface area contributed by atoms with E-state index in [-0.39, 0.29) is 5.69 Å². The number of benzene rings is 1. The molecule has 0 saturated heterocycles. The van der Waals surface area contributed by atoms with Crippen LogP contribution in [0.3, 0.4) is 0 Å². The Morgan fingerprint density at radius 2 is 1.93 bits per heavy atom. The van der Waals surface area contributed by atoms with E-state index in [1.165, 1.54) is 12.4 Å². The summed E-state index contributed by atoms with van der Waals surface area (Å²) in [6.45, 7) is 0.968. The SMILES string of the molecule is Cc1cnc(C(=O)Nc2c(C)ccc3ncccc23)cc1-c1cnn(C(F)F)c1. The van der Waals surface area contributed by atoms with Crippen LogP contribution < -0.4 is 5.32 Å². The van der Waals surface area contributed by atoms with E-state index in [4.69, 9.17) is 0 Å². The quantitative estimate of drug-likeness (QED) is 0.543. The number of alkyl halides is 2. The molecule has 0 atom stereocenters. The molecule has 1 N–H and O–H groups in total. The van der Waals surface area contributed by atoms with Gasteiger partial charge < -0.3 is 5.32 Å². The van der Waals surface area contributed by atoms with E-state index in [0.29, 0.717) is 21.5 Å². The van der Waals surface area contributed by atoms with E-state index in [1.54, 1.807) is 31.5 Å².